The van der Waals surface area contributed by atoms with Crippen LogP contribution in [-0.2, 0) is 11.8 Å². The molecule has 390 valence electrons. The summed E-state index contributed by atoms with van der Waals surface area (Å²) in [7, 11) is 2.00. The van der Waals surface area contributed by atoms with Crippen molar-refractivity contribution >= 4 is 5.69 Å². The van der Waals surface area contributed by atoms with Crippen LogP contribution >= 0.6 is 0 Å². The van der Waals surface area contributed by atoms with Gasteiger partial charge in [-0.15, -0.1) is 0 Å². The van der Waals surface area contributed by atoms with Crippen LogP contribution in [0, 0.1) is 27.7 Å². The molecule has 0 amide bonds. The lowest BCUT2D eigenvalue weighted by atomic mass is 9.67. The molecule has 1 unspecified atom stereocenters. The average Bonchev–Trinajstić information content (AvgIpc) is 4.02. The molecular weight excluding hydrogens is 927 g/mol. The predicted molar refractivity (Wildman–Crippen MR) is 336 cm³/mol. The molecule has 2 aliphatic carbocycles. The van der Waals surface area contributed by atoms with Crippen molar-refractivity contribution in [1.82, 2.24) is 0 Å². The highest BCUT2D eigenvalue weighted by Crippen LogP contribution is 2.56. The van der Waals surface area contributed by atoms with Crippen LogP contribution in [0.4, 0.5) is 5.69 Å². The minimum atomic E-state index is -0.263. The maximum Gasteiger partial charge on any atom is 0.0713 e. The van der Waals surface area contributed by atoms with Gasteiger partial charge in [-0.05, 0) is 139 Å². The molecule has 8 aromatic carbocycles. The fourth-order valence-electron chi connectivity index (χ4n) is 10.5. The highest BCUT2D eigenvalue weighted by atomic mass is 14.8. The van der Waals surface area contributed by atoms with E-state index in [0.717, 1.165) is 25.7 Å². The van der Waals surface area contributed by atoms with Gasteiger partial charge in [-0.2, -0.15) is 0 Å². The minimum absolute atomic E-state index is 0.263. The Kier molecular flexibility index (Phi) is 21.2. The number of fused-ring (bicyclic) bond motifs is 3. The number of anilines is 1. The zero-order valence-corrected chi connectivity index (χ0v) is 47.4. The van der Waals surface area contributed by atoms with E-state index < -0.39 is 0 Å². The zero-order chi connectivity index (χ0) is 54.4. The average molecular weight is 1010 g/mol. The fraction of sp³-hybridized carbons (Fsp3) is 0.211. The molecule has 0 saturated heterocycles. The van der Waals surface area contributed by atoms with E-state index in [0.29, 0.717) is 5.92 Å². The Balaban J connectivity index is 0.000000154. The van der Waals surface area contributed by atoms with Crippen molar-refractivity contribution in [1.29, 1.82) is 0 Å². The van der Waals surface area contributed by atoms with E-state index in [4.69, 9.17) is 0 Å². The van der Waals surface area contributed by atoms with E-state index in [1.54, 1.807) is 0 Å². The van der Waals surface area contributed by atoms with E-state index >= 15 is 0 Å². The Labute approximate surface area is 463 Å². The third-order valence-corrected chi connectivity index (χ3v) is 15.0. The van der Waals surface area contributed by atoms with Crippen LogP contribution in [0.5, 0.6) is 0 Å². The maximum atomic E-state index is 3.32. The van der Waals surface area contributed by atoms with Crippen LogP contribution in [0.1, 0.15) is 115 Å². The second-order valence-electron chi connectivity index (χ2n) is 20.3. The molecule has 1 heteroatoms. The standard InChI is InChI=1S/C26H20.C21H27N.C16H22.C13H12/c1-19-16-17-23-22-14-8-9-15-24(22)26(25(23)18-19,20-10-4-2-5-11-20)21-12-6-3-7-13-21;1-4-10-19(16-15-18-11-6-5-7-12-18)17(2)20-13-8-9-14-21(20)22-3;1-5-15(6-2)8-7-9-16-11-10-13(3)14(4)12-16;1-11-7-9-13(10-8-11)12-5-3-2-4-6-12/h2-18H,1H3;5-9,11,13-17,22H,4,10,12H2,1-3H3;5,7-8,10-12H,6,9H2,1-4H3;2-10H,1H3/b;18-15-,19-16-;8-7-,15-5-;. The largest absolute Gasteiger partial charge is 0.388 e. The third-order valence-electron chi connectivity index (χ3n) is 15.0. The van der Waals surface area contributed by atoms with E-state index in [1.165, 1.54) is 107 Å². The number of nitrogens with one attached hydrogen (secondary N) is 1. The molecule has 1 N–H and O–H groups in total. The lowest BCUT2D eigenvalue weighted by molar-refractivity contribution is 0.767. The van der Waals surface area contributed by atoms with Crippen LogP contribution in [0.25, 0.3) is 22.3 Å². The molecule has 0 saturated carbocycles. The number of rotatable bonds is 13. The van der Waals surface area contributed by atoms with Crippen LogP contribution < -0.4 is 5.32 Å². The van der Waals surface area contributed by atoms with Gasteiger partial charge in [-0.3, -0.25) is 0 Å². The molecule has 0 spiro atoms. The van der Waals surface area contributed by atoms with Crippen LogP contribution in [0.2, 0.25) is 0 Å². The van der Waals surface area contributed by atoms with Crippen molar-refractivity contribution < 1.29 is 0 Å². The van der Waals surface area contributed by atoms with Gasteiger partial charge in [-0.25, -0.2) is 0 Å². The van der Waals surface area contributed by atoms with Crippen molar-refractivity contribution in [3.05, 3.63) is 327 Å². The van der Waals surface area contributed by atoms with Crippen molar-refractivity contribution in [2.24, 2.45) is 0 Å². The number of allylic oxidation sites excluding steroid dienone is 12. The summed E-state index contributed by atoms with van der Waals surface area (Å²) in [6.45, 7) is 17.5. The van der Waals surface area contributed by atoms with Gasteiger partial charge in [0, 0.05) is 18.7 Å². The molecule has 0 radical (unpaired) electrons. The smallest absolute Gasteiger partial charge is 0.0713 e. The summed E-state index contributed by atoms with van der Waals surface area (Å²) in [4.78, 5) is 0. The maximum absolute atomic E-state index is 3.32. The van der Waals surface area contributed by atoms with Crippen molar-refractivity contribution in [2.45, 2.75) is 98.8 Å². The summed E-state index contributed by atoms with van der Waals surface area (Å²) < 4.78 is 0. The first kappa shape index (κ1) is 56.7. The Morgan fingerprint density at radius 3 is 1.83 bits per heavy atom. The molecule has 0 aromatic heterocycles. The van der Waals surface area contributed by atoms with Gasteiger partial charge in [0.15, 0.2) is 0 Å². The first-order chi connectivity index (χ1) is 37.6. The predicted octanol–water partition coefficient (Wildman–Crippen LogP) is 20.8. The first-order valence-electron chi connectivity index (χ1n) is 27.9. The van der Waals surface area contributed by atoms with Gasteiger partial charge >= 0.3 is 0 Å². The molecule has 0 bridgehead atoms. The van der Waals surface area contributed by atoms with Crippen LogP contribution in [0.15, 0.2) is 272 Å². The normalized spacial score (nSPS) is 14.0. The van der Waals surface area contributed by atoms with E-state index in [2.05, 4.69) is 310 Å². The Hall–Kier alpha value is -8.00. The summed E-state index contributed by atoms with van der Waals surface area (Å²) in [5.41, 5.74) is 24.0. The second-order valence-corrected chi connectivity index (χ2v) is 20.3. The Morgan fingerprint density at radius 1 is 0.597 bits per heavy atom. The molecule has 1 nitrogen and oxygen atoms in total. The van der Waals surface area contributed by atoms with Gasteiger partial charge < -0.3 is 5.32 Å². The lowest BCUT2D eigenvalue weighted by Gasteiger charge is -2.34. The fourth-order valence-corrected chi connectivity index (χ4v) is 10.5. The van der Waals surface area contributed by atoms with Crippen molar-refractivity contribution in [2.75, 3.05) is 12.4 Å². The number of hydrogen-bond acceptors (Lipinski definition) is 1. The molecular formula is C76H81N. The quantitative estimate of drug-likeness (QED) is 0.114. The summed E-state index contributed by atoms with van der Waals surface area (Å²) in [5, 5.41) is 3.32. The Morgan fingerprint density at radius 2 is 1.21 bits per heavy atom. The molecule has 0 heterocycles. The van der Waals surface area contributed by atoms with E-state index in [9.17, 15) is 0 Å². The van der Waals surface area contributed by atoms with E-state index in [-0.39, 0.29) is 5.41 Å². The molecule has 0 aliphatic heterocycles. The SMILES string of the molecule is C/C=C(\C=C/Cc1ccc(C)c(C)c1)CC.CCC/C(=C/C=C1/C=CC=CC1)C(C)c1ccccc1NC.Cc1ccc(-c2ccccc2)cc1.Cc1ccc2c(c1)C(c1ccccc1)(c1ccccc1)c1ccccc1-2. The molecule has 2 aliphatic rings. The summed E-state index contributed by atoms with van der Waals surface area (Å²) in [6, 6.07) is 71.9. The van der Waals surface area contributed by atoms with Gasteiger partial charge in [0.25, 0.3) is 0 Å². The number of hydrogen-bond donors (Lipinski definition) is 1. The van der Waals surface area contributed by atoms with Crippen LogP contribution in [-0.4, -0.2) is 7.05 Å². The summed E-state index contributed by atoms with van der Waals surface area (Å²) >= 11 is 0. The monoisotopic (exact) mass is 1010 g/mol. The zero-order valence-electron chi connectivity index (χ0n) is 47.4. The first-order valence-corrected chi connectivity index (χ1v) is 27.9. The molecule has 8 aromatic rings. The number of para-hydroxylation sites is 1. The van der Waals surface area contributed by atoms with Gasteiger partial charge in [-0.1, -0.05) is 298 Å². The number of aryl methyl sites for hydroxylation is 4. The minimum Gasteiger partial charge on any atom is -0.388 e. The molecule has 10 rings (SSSR count). The van der Waals surface area contributed by atoms with Crippen molar-refractivity contribution in [3.63, 3.8) is 0 Å². The molecule has 1 atom stereocenters. The topological polar surface area (TPSA) is 12.0 Å². The third kappa shape index (κ3) is 14.7. The number of benzene rings is 8. The van der Waals surface area contributed by atoms with Gasteiger partial charge in [0.05, 0.1) is 5.41 Å². The highest BCUT2D eigenvalue weighted by molar-refractivity contribution is 5.86. The lowest BCUT2D eigenvalue weighted by Crippen LogP contribution is -2.28. The highest BCUT2D eigenvalue weighted by Gasteiger charge is 2.45. The summed E-state index contributed by atoms with van der Waals surface area (Å²) in [5.74, 6) is 0.434. The molecule has 0 fully saturated rings. The van der Waals surface area contributed by atoms with Crippen molar-refractivity contribution in [3.8, 4) is 22.3 Å². The van der Waals surface area contributed by atoms with Gasteiger partial charge in [0.2, 0.25) is 0 Å². The van der Waals surface area contributed by atoms with Crippen LogP contribution in [0.3, 0.4) is 0 Å². The summed E-state index contributed by atoms with van der Waals surface area (Å²) in [6.07, 6.45) is 25.4. The van der Waals surface area contributed by atoms with Gasteiger partial charge in [0.1, 0.15) is 0 Å². The molecule has 77 heavy (non-hydrogen) atoms. The Bertz CT molecular complexity index is 3270. The van der Waals surface area contributed by atoms with E-state index in [1.807, 2.05) is 13.1 Å². The second kappa shape index (κ2) is 28.8.